The van der Waals surface area contributed by atoms with E-state index >= 15 is 0 Å². The molecule has 192 valence electrons. The molecule has 0 aromatic heterocycles. The van der Waals surface area contributed by atoms with Gasteiger partial charge in [-0.05, 0) is 49.2 Å². The minimum Gasteiger partial charge on any atom is -0.497 e. The normalized spacial score (nSPS) is 27.5. The first kappa shape index (κ1) is 24.6. The highest BCUT2D eigenvalue weighted by atomic mass is 16.8. The van der Waals surface area contributed by atoms with Crippen molar-refractivity contribution in [1.82, 2.24) is 4.90 Å². The van der Waals surface area contributed by atoms with Gasteiger partial charge in [-0.25, -0.2) is 0 Å². The zero-order valence-corrected chi connectivity index (χ0v) is 21.4. The summed E-state index contributed by atoms with van der Waals surface area (Å²) in [5.41, 5.74) is 1.15. The Morgan fingerprint density at radius 1 is 1.06 bits per heavy atom. The zero-order chi connectivity index (χ0) is 25.5. The summed E-state index contributed by atoms with van der Waals surface area (Å²) in [4.78, 5) is 14.7. The number of rotatable bonds is 7. The molecule has 0 spiro atoms. The molecule has 8 heteroatoms. The number of hydrogen-bond acceptors (Lipinski definition) is 7. The summed E-state index contributed by atoms with van der Waals surface area (Å²) < 4.78 is 35.7. The summed E-state index contributed by atoms with van der Waals surface area (Å²) >= 11 is 0. The van der Waals surface area contributed by atoms with Crippen LogP contribution in [-0.2, 0) is 31.0 Å². The smallest absolute Gasteiger partial charge is 0.231 e. The first-order valence-electron chi connectivity index (χ1n) is 12.1. The Bertz CT molecular complexity index is 1140. The number of carbonyl (C=O) groups is 1. The van der Waals surface area contributed by atoms with Crippen molar-refractivity contribution >= 4 is 5.91 Å². The molecule has 2 aromatic rings. The summed E-state index contributed by atoms with van der Waals surface area (Å²) in [5, 5.41) is 0. The first-order chi connectivity index (χ1) is 17.2. The van der Waals surface area contributed by atoms with Crippen molar-refractivity contribution in [2.75, 3.05) is 28.0 Å². The van der Waals surface area contributed by atoms with Gasteiger partial charge in [0.15, 0.2) is 17.3 Å². The molecule has 2 aliphatic heterocycles. The van der Waals surface area contributed by atoms with E-state index in [-0.39, 0.29) is 25.2 Å². The third-order valence-corrected chi connectivity index (χ3v) is 7.00. The van der Waals surface area contributed by atoms with Crippen molar-refractivity contribution in [3.8, 4) is 17.2 Å². The molecule has 8 nitrogen and oxygen atoms in total. The molecule has 4 atom stereocenters. The van der Waals surface area contributed by atoms with Gasteiger partial charge in [0.25, 0.3) is 0 Å². The highest BCUT2D eigenvalue weighted by Gasteiger charge is 2.57. The van der Waals surface area contributed by atoms with Crippen molar-refractivity contribution in [2.45, 2.75) is 56.4 Å². The van der Waals surface area contributed by atoms with Crippen LogP contribution >= 0.6 is 0 Å². The highest BCUT2D eigenvalue weighted by Crippen LogP contribution is 2.50. The van der Waals surface area contributed by atoms with E-state index in [0.717, 1.165) is 16.9 Å². The maximum absolute atomic E-state index is 13.1. The molecule has 0 N–H and O–H groups in total. The van der Waals surface area contributed by atoms with Gasteiger partial charge in [0.1, 0.15) is 24.1 Å². The number of carbonyl (C=O) groups excluding carboxylic acids is 1. The molecule has 1 aliphatic carbocycles. The lowest BCUT2D eigenvalue weighted by Gasteiger charge is -2.43. The van der Waals surface area contributed by atoms with Crippen LogP contribution < -0.4 is 14.2 Å². The predicted octanol–water partition coefficient (Wildman–Crippen LogP) is 3.82. The number of methoxy groups -OCH3 is 1. The first-order valence-corrected chi connectivity index (χ1v) is 12.1. The Morgan fingerprint density at radius 2 is 1.81 bits per heavy atom. The predicted molar refractivity (Wildman–Crippen MR) is 132 cm³/mol. The molecular weight excluding hydrogens is 462 g/mol. The van der Waals surface area contributed by atoms with E-state index in [0.29, 0.717) is 18.1 Å². The SMILES string of the molecule is COc1ccc(CO[C@@H]2C=C[C@@](CC(=O)N(C)C)(c3ccc4c(c3)OCO4)[C@H]3OC(C)(C)O[C@@H]23)cc1. The average Bonchev–Trinajstić information content (AvgIpc) is 3.46. The van der Waals surface area contributed by atoms with E-state index in [1.165, 1.54) is 0 Å². The van der Waals surface area contributed by atoms with E-state index in [9.17, 15) is 4.79 Å². The number of hydrogen-bond donors (Lipinski definition) is 0. The second-order valence-corrected chi connectivity index (χ2v) is 10.1. The van der Waals surface area contributed by atoms with Crippen LogP contribution in [0.4, 0.5) is 0 Å². The van der Waals surface area contributed by atoms with Crippen molar-refractivity contribution in [3.63, 3.8) is 0 Å². The third-order valence-electron chi connectivity index (χ3n) is 7.00. The lowest BCUT2D eigenvalue weighted by molar-refractivity contribution is -0.158. The largest absolute Gasteiger partial charge is 0.497 e. The minimum atomic E-state index is -0.841. The van der Waals surface area contributed by atoms with Gasteiger partial charge in [0.2, 0.25) is 12.7 Å². The van der Waals surface area contributed by atoms with Gasteiger partial charge in [0.05, 0.1) is 19.1 Å². The van der Waals surface area contributed by atoms with Crippen LogP contribution in [0.3, 0.4) is 0 Å². The summed E-state index contributed by atoms with van der Waals surface area (Å²) in [5.74, 6) is 1.29. The molecule has 0 saturated carbocycles. The zero-order valence-electron chi connectivity index (χ0n) is 21.4. The van der Waals surface area contributed by atoms with Crippen LogP contribution in [0.2, 0.25) is 0 Å². The molecule has 2 aromatic carbocycles. The number of benzene rings is 2. The molecule has 0 bridgehead atoms. The fourth-order valence-electron chi connectivity index (χ4n) is 5.08. The Morgan fingerprint density at radius 3 is 2.53 bits per heavy atom. The molecular formula is C28H33NO7. The van der Waals surface area contributed by atoms with Gasteiger partial charge in [-0.3, -0.25) is 4.79 Å². The van der Waals surface area contributed by atoms with Gasteiger partial charge in [-0.2, -0.15) is 0 Å². The molecule has 1 saturated heterocycles. The third kappa shape index (κ3) is 4.56. The maximum atomic E-state index is 13.1. The summed E-state index contributed by atoms with van der Waals surface area (Å²) in [7, 11) is 5.16. The van der Waals surface area contributed by atoms with Gasteiger partial charge < -0.3 is 33.3 Å². The van der Waals surface area contributed by atoms with Crippen molar-refractivity contribution in [1.29, 1.82) is 0 Å². The van der Waals surface area contributed by atoms with Crippen molar-refractivity contribution < 1.29 is 33.2 Å². The average molecular weight is 496 g/mol. The van der Waals surface area contributed by atoms with E-state index < -0.39 is 23.4 Å². The van der Waals surface area contributed by atoms with E-state index in [1.54, 1.807) is 26.1 Å². The fraction of sp³-hybridized carbons (Fsp3) is 0.464. The summed E-state index contributed by atoms with van der Waals surface area (Å²) in [6.45, 7) is 4.37. The highest BCUT2D eigenvalue weighted by molar-refractivity contribution is 5.78. The summed E-state index contributed by atoms with van der Waals surface area (Å²) in [6, 6.07) is 13.6. The maximum Gasteiger partial charge on any atom is 0.231 e. The minimum absolute atomic E-state index is 0.0121. The fourth-order valence-corrected chi connectivity index (χ4v) is 5.08. The number of nitrogens with zero attached hydrogens (tertiary/aromatic N) is 1. The van der Waals surface area contributed by atoms with Crippen molar-refractivity contribution in [2.24, 2.45) is 0 Å². The van der Waals surface area contributed by atoms with Gasteiger partial charge >= 0.3 is 0 Å². The van der Waals surface area contributed by atoms with Crippen LogP contribution in [0, 0.1) is 0 Å². The molecule has 3 aliphatic rings. The van der Waals surface area contributed by atoms with Crippen LogP contribution in [0.5, 0.6) is 17.2 Å². The molecule has 0 radical (unpaired) electrons. The quantitative estimate of drug-likeness (QED) is 0.541. The van der Waals surface area contributed by atoms with Crippen molar-refractivity contribution in [3.05, 3.63) is 65.7 Å². The van der Waals surface area contributed by atoms with E-state index in [4.69, 9.17) is 28.4 Å². The van der Waals surface area contributed by atoms with Crippen LogP contribution in [-0.4, -0.2) is 62.9 Å². The Labute approximate surface area is 211 Å². The molecule has 2 heterocycles. The molecule has 0 unspecified atom stereocenters. The number of amides is 1. The lowest BCUT2D eigenvalue weighted by atomic mass is 9.67. The Balaban J connectivity index is 1.50. The second kappa shape index (κ2) is 9.42. The molecule has 36 heavy (non-hydrogen) atoms. The lowest BCUT2D eigenvalue weighted by Crippen LogP contribution is -2.53. The van der Waals surface area contributed by atoms with E-state index in [2.05, 4.69) is 6.08 Å². The van der Waals surface area contributed by atoms with E-state index in [1.807, 2.05) is 62.4 Å². The number of fused-ring (bicyclic) bond motifs is 2. The van der Waals surface area contributed by atoms with Crippen LogP contribution in [0.1, 0.15) is 31.4 Å². The van der Waals surface area contributed by atoms with Crippen LogP contribution in [0.25, 0.3) is 0 Å². The topological polar surface area (TPSA) is 75.7 Å². The van der Waals surface area contributed by atoms with Gasteiger partial charge in [-0.1, -0.05) is 30.4 Å². The summed E-state index contributed by atoms with van der Waals surface area (Å²) in [6.07, 6.45) is 3.04. The van der Waals surface area contributed by atoms with Gasteiger partial charge in [0, 0.05) is 20.5 Å². The Hall–Kier alpha value is -3.07. The van der Waals surface area contributed by atoms with Crippen LogP contribution in [0.15, 0.2) is 54.6 Å². The number of ether oxygens (including phenoxy) is 6. The Kier molecular flexibility index (Phi) is 6.44. The molecule has 1 fully saturated rings. The molecule has 5 rings (SSSR count). The second-order valence-electron chi connectivity index (χ2n) is 10.1. The standard InChI is InChI=1S/C28H33NO7/c1-27(2)35-25-22(32-16-18-6-9-20(31-5)10-7-18)12-13-28(26(25)36-27,15-24(30)29(3)4)19-8-11-21-23(14-19)34-17-33-21/h6-14,22,25-26H,15-17H2,1-5H3/t22-,25+,26+,28-/m1/s1. The van der Waals surface area contributed by atoms with Gasteiger partial charge in [-0.15, -0.1) is 0 Å². The monoisotopic (exact) mass is 495 g/mol. The molecule has 1 amide bonds.